The summed E-state index contributed by atoms with van der Waals surface area (Å²) in [5.41, 5.74) is 1.19. The van der Waals surface area contributed by atoms with Crippen molar-refractivity contribution in [3.05, 3.63) is 15.6 Å². The molecular formula is C14H24N2S. The van der Waals surface area contributed by atoms with Gasteiger partial charge in [-0.25, -0.2) is 4.98 Å². The van der Waals surface area contributed by atoms with Crippen LogP contribution in [0, 0.1) is 19.8 Å². The highest BCUT2D eigenvalue weighted by Gasteiger charge is 2.19. The van der Waals surface area contributed by atoms with Crippen molar-refractivity contribution >= 4 is 11.3 Å². The van der Waals surface area contributed by atoms with Crippen molar-refractivity contribution in [1.82, 2.24) is 10.3 Å². The number of nitrogens with zero attached hydrogens (tertiary/aromatic N) is 1. The number of nitrogens with one attached hydrogen (secondary N) is 1. The van der Waals surface area contributed by atoms with Gasteiger partial charge in [0.25, 0.3) is 0 Å². The molecular weight excluding hydrogens is 228 g/mol. The van der Waals surface area contributed by atoms with Crippen molar-refractivity contribution in [1.29, 1.82) is 0 Å². The second-order valence-electron chi connectivity index (χ2n) is 5.32. The number of hydrogen-bond donors (Lipinski definition) is 1. The van der Waals surface area contributed by atoms with Crippen LogP contribution in [-0.4, -0.2) is 11.0 Å². The minimum atomic E-state index is 0.639. The van der Waals surface area contributed by atoms with Crippen molar-refractivity contribution in [2.24, 2.45) is 5.92 Å². The van der Waals surface area contributed by atoms with E-state index in [1.165, 1.54) is 47.7 Å². The van der Waals surface area contributed by atoms with E-state index >= 15 is 0 Å². The van der Waals surface area contributed by atoms with Crippen molar-refractivity contribution in [3.63, 3.8) is 0 Å². The minimum Gasteiger partial charge on any atom is -0.308 e. The molecule has 0 saturated heterocycles. The van der Waals surface area contributed by atoms with Gasteiger partial charge in [0.2, 0.25) is 0 Å². The third kappa shape index (κ3) is 3.52. The van der Waals surface area contributed by atoms with Crippen molar-refractivity contribution in [2.45, 2.75) is 65.5 Å². The molecule has 1 heterocycles. The maximum absolute atomic E-state index is 4.58. The van der Waals surface area contributed by atoms with Gasteiger partial charge < -0.3 is 5.32 Å². The van der Waals surface area contributed by atoms with Gasteiger partial charge in [0.1, 0.15) is 5.01 Å². The number of aryl methyl sites for hydroxylation is 2. The summed E-state index contributed by atoms with van der Waals surface area (Å²) < 4.78 is 0. The first-order valence-corrected chi connectivity index (χ1v) is 7.64. The molecule has 1 aliphatic carbocycles. The Kier molecular flexibility index (Phi) is 4.57. The lowest BCUT2D eigenvalue weighted by molar-refractivity contribution is 0.280. The summed E-state index contributed by atoms with van der Waals surface area (Å²) >= 11 is 1.83. The largest absolute Gasteiger partial charge is 0.308 e. The van der Waals surface area contributed by atoms with Gasteiger partial charge in [0.05, 0.1) is 5.69 Å². The zero-order valence-electron chi connectivity index (χ0n) is 11.3. The Hall–Kier alpha value is -0.410. The van der Waals surface area contributed by atoms with Gasteiger partial charge >= 0.3 is 0 Å². The monoisotopic (exact) mass is 252 g/mol. The number of aromatic nitrogens is 1. The first kappa shape index (κ1) is 13.0. The van der Waals surface area contributed by atoms with E-state index < -0.39 is 0 Å². The minimum absolute atomic E-state index is 0.639. The van der Waals surface area contributed by atoms with Crippen LogP contribution in [0.1, 0.15) is 54.6 Å². The molecule has 1 fully saturated rings. The van der Waals surface area contributed by atoms with Gasteiger partial charge in [-0.15, -0.1) is 11.3 Å². The summed E-state index contributed by atoms with van der Waals surface area (Å²) in [6.45, 7) is 7.53. The van der Waals surface area contributed by atoms with Gasteiger partial charge in [0.15, 0.2) is 0 Å². The molecule has 1 aliphatic rings. The molecule has 0 amide bonds. The molecule has 1 N–H and O–H groups in total. The quantitative estimate of drug-likeness (QED) is 0.881. The SMILES string of the molecule is Cc1nc(CN[C@H](C)C2CCCCC2)sc1C. The van der Waals surface area contributed by atoms with Crippen LogP contribution >= 0.6 is 11.3 Å². The topological polar surface area (TPSA) is 24.9 Å². The van der Waals surface area contributed by atoms with Gasteiger partial charge in [-0.05, 0) is 39.5 Å². The van der Waals surface area contributed by atoms with Crippen LogP contribution in [0.15, 0.2) is 0 Å². The van der Waals surface area contributed by atoms with Crippen LogP contribution in [0.3, 0.4) is 0 Å². The van der Waals surface area contributed by atoms with Crippen molar-refractivity contribution in [2.75, 3.05) is 0 Å². The van der Waals surface area contributed by atoms with Crippen molar-refractivity contribution < 1.29 is 0 Å². The van der Waals surface area contributed by atoms with Gasteiger partial charge in [-0.1, -0.05) is 19.3 Å². The fraction of sp³-hybridized carbons (Fsp3) is 0.786. The Labute approximate surface area is 109 Å². The zero-order chi connectivity index (χ0) is 12.3. The van der Waals surface area contributed by atoms with Crippen molar-refractivity contribution in [3.8, 4) is 0 Å². The molecule has 0 bridgehead atoms. The lowest BCUT2D eigenvalue weighted by atomic mass is 9.84. The Morgan fingerprint density at radius 1 is 1.29 bits per heavy atom. The molecule has 96 valence electrons. The number of thiazole rings is 1. The molecule has 1 aromatic heterocycles. The Morgan fingerprint density at radius 3 is 2.59 bits per heavy atom. The third-order valence-corrected chi connectivity index (χ3v) is 5.08. The zero-order valence-corrected chi connectivity index (χ0v) is 12.1. The molecule has 1 aromatic rings. The van der Waals surface area contributed by atoms with Gasteiger partial charge in [-0.2, -0.15) is 0 Å². The molecule has 2 nitrogen and oxygen atoms in total. The smallest absolute Gasteiger partial charge is 0.107 e. The highest BCUT2D eigenvalue weighted by Crippen LogP contribution is 2.26. The Balaban J connectivity index is 1.80. The van der Waals surface area contributed by atoms with Crippen LogP contribution in [-0.2, 0) is 6.54 Å². The molecule has 1 saturated carbocycles. The van der Waals surface area contributed by atoms with Gasteiger partial charge in [0, 0.05) is 17.5 Å². The van der Waals surface area contributed by atoms with E-state index in [2.05, 4.69) is 31.1 Å². The van der Waals surface area contributed by atoms with E-state index in [1.807, 2.05) is 11.3 Å². The lowest BCUT2D eigenvalue weighted by Crippen LogP contribution is -2.34. The number of hydrogen-bond acceptors (Lipinski definition) is 3. The summed E-state index contributed by atoms with van der Waals surface area (Å²) in [6.07, 6.45) is 7.10. The molecule has 3 heteroatoms. The Morgan fingerprint density at radius 2 is 2.00 bits per heavy atom. The van der Waals surface area contributed by atoms with E-state index in [-0.39, 0.29) is 0 Å². The molecule has 0 aromatic carbocycles. The van der Waals surface area contributed by atoms with E-state index in [0.717, 1.165) is 12.5 Å². The van der Waals surface area contributed by atoms with E-state index in [0.29, 0.717) is 6.04 Å². The molecule has 0 aliphatic heterocycles. The fourth-order valence-electron chi connectivity index (χ4n) is 2.66. The first-order chi connectivity index (χ1) is 8.16. The summed E-state index contributed by atoms with van der Waals surface area (Å²) in [7, 11) is 0. The Bertz CT molecular complexity index is 334. The highest BCUT2D eigenvalue weighted by molar-refractivity contribution is 7.11. The average Bonchev–Trinajstić information content (AvgIpc) is 2.67. The van der Waals surface area contributed by atoms with E-state index in [4.69, 9.17) is 0 Å². The summed E-state index contributed by atoms with van der Waals surface area (Å²) in [4.78, 5) is 5.94. The normalized spacial score (nSPS) is 19.5. The summed E-state index contributed by atoms with van der Waals surface area (Å²) in [6, 6.07) is 0.639. The predicted octanol–water partition coefficient (Wildman–Crippen LogP) is 3.82. The maximum atomic E-state index is 4.58. The van der Waals surface area contributed by atoms with Crippen LogP contribution in [0.2, 0.25) is 0 Å². The van der Waals surface area contributed by atoms with E-state index in [1.54, 1.807) is 0 Å². The highest BCUT2D eigenvalue weighted by atomic mass is 32.1. The molecule has 17 heavy (non-hydrogen) atoms. The summed E-state index contributed by atoms with van der Waals surface area (Å²) in [5.74, 6) is 0.880. The average molecular weight is 252 g/mol. The van der Waals surface area contributed by atoms with Crippen LogP contribution in [0.4, 0.5) is 0 Å². The van der Waals surface area contributed by atoms with Crippen LogP contribution < -0.4 is 5.32 Å². The maximum Gasteiger partial charge on any atom is 0.107 e. The van der Waals surface area contributed by atoms with Crippen LogP contribution in [0.5, 0.6) is 0 Å². The predicted molar refractivity (Wildman–Crippen MR) is 74.5 cm³/mol. The molecule has 0 spiro atoms. The third-order valence-electron chi connectivity index (χ3n) is 4.01. The molecule has 2 rings (SSSR count). The second kappa shape index (κ2) is 5.96. The molecule has 1 atom stereocenters. The number of rotatable bonds is 4. The molecule has 0 radical (unpaired) electrons. The lowest BCUT2D eigenvalue weighted by Gasteiger charge is -2.28. The van der Waals surface area contributed by atoms with E-state index in [9.17, 15) is 0 Å². The standard InChI is InChI=1S/C14H24N2S/c1-10-12(3)17-14(16-10)9-15-11(2)13-7-5-4-6-8-13/h11,13,15H,4-9H2,1-3H3/t11-/m1/s1. The fourth-order valence-corrected chi connectivity index (χ4v) is 3.55. The molecule has 0 unspecified atom stereocenters. The first-order valence-electron chi connectivity index (χ1n) is 6.83. The second-order valence-corrected chi connectivity index (χ2v) is 6.60. The van der Waals surface area contributed by atoms with Gasteiger partial charge in [-0.3, -0.25) is 0 Å². The summed E-state index contributed by atoms with van der Waals surface area (Å²) in [5, 5.41) is 4.90. The van der Waals surface area contributed by atoms with Crippen LogP contribution in [0.25, 0.3) is 0 Å².